The summed E-state index contributed by atoms with van der Waals surface area (Å²) in [5.41, 5.74) is 0.679. The van der Waals surface area contributed by atoms with Crippen molar-refractivity contribution in [2.75, 3.05) is 54.6 Å². The van der Waals surface area contributed by atoms with Crippen LogP contribution in [0, 0.1) is 5.41 Å². The number of hydrogen-bond donors (Lipinski definition) is 0. The molecule has 0 atom stereocenters. The summed E-state index contributed by atoms with van der Waals surface area (Å²) < 4.78 is 49.4. The van der Waals surface area contributed by atoms with Gasteiger partial charge < -0.3 is 23.8 Å². The summed E-state index contributed by atoms with van der Waals surface area (Å²) in [4.78, 5) is 15.3. The predicted molar refractivity (Wildman–Crippen MR) is 134 cm³/mol. The number of benzene rings is 2. The molecular weight excluding hydrogens is 484 g/mol. The first-order chi connectivity index (χ1) is 17.3. The third-order valence-corrected chi connectivity index (χ3v) is 9.28. The molecule has 10 heteroatoms. The molecule has 0 aromatic heterocycles. The summed E-state index contributed by atoms with van der Waals surface area (Å²) in [6.07, 6.45) is 2.50. The van der Waals surface area contributed by atoms with Gasteiger partial charge in [0.25, 0.3) is 0 Å². The van der Waals surface area contributed by atoms with Crippen LogP contribution in [-0.4, -0.2) is 78.1 Å². The fraction of sp³-hybridized carbons (Fsp3) is 0.500. The Labute approximate surface area is 212 Å². The summed E-state index contributed by atoms with van der Waals surface area (Å²) in [5, 5.41) is 0. The van der Waals surface area contributed by atoms with Crippen LogP contribution in [-0.2, 0) is 21.2 Å². The van der Waals surface area contributed by atoms with E-state index in [-0.39, 0.29) is 22.6 Å². The van der Waals surface area contributed by atoms with Crippen molar-refractivity contribution < 1.29 is 32.2 Å². The fourth-order valence-corrected chi connectivity index (χ4v) is 6.72. The highest BCUT2D eigenvalue weighted by Crippen LogP contribution is 2.43. The predicted octanol–water partition coefficient (Wildman–Crippen LogP) is 2.97. The number of rotatable bonds is 8. The number of carbonyl (C=O) groups is 1. The van der Waals surface area contributed by atoms with Crippen LogP contribution in [0.15, 0.2) is 41.3 Å². The molecule has 1 spiro atoms. The molecule has 2 heterocycles. The van der Waals surface area contributed by atoms with Crippen molar-refractivity contribution in [2.24, 2.45) is 5.41 Å². The molecule has 1 amide bonds. The van der Waals surface area contributed by atoms with Gasteiger partial charge in [-0.3, -0.25) is 4.79 Å². The fourth-order valence-electron chi connectivity index (χ4n) is 5.24. The van der Waals surface area contributed by atoms with E-state index in [1.54, 1.807) is 48.9 Å². The smallest absolute Gasteiger partial charge is 0.243 e. The van der Waals surface area contributed by atoms with Gasteiger partial charge in [0.2, 0.25) is 21.7 Å². The third kappa shape index (κ3) is 4.97. The van der Waals surface area contributed by atoms with E-state index in [0.717, 1.165) is 24.8 Å². The minimum Gasteiger partial charge on any atom is -0.497 e. The minimum absolute atomic E-state index is 0.0174. The van der Waals surface area contributed by atoms with Crippen molar-refractivity contribution in [3.05, 3.63) is 42.0 Å². The monoisotopic (exact) mass is 518 g/mol. The first kappa shape index (κ1) is 26.1. The number of amides is 1. The number of ether oxygens (including phenoxy) is 4. The lowest BCUT2D eigenvalue weighted by atomic mass is 9.78. The van der Waals surface area contributed by atoms with Crippen molar-refractivity contribution in [1.82, 2.24) is 9.21 Å². The van der Waals surface area contributed by atoms with Crippen LogP contribution in [0.2, 0.25) is 0 Å². The number of sulfonamides is 1. The molecule has 0 unspecified atom stereocenters. The van der Waals surface area contributed by atoms with Gasteiger partial charge in [-0.2, -0.15) is 4.31 Å². The van der Waals surface area contributed by atoms with Crippen LogP contribution in [0.25, 0.3) is 0 Å². The van der Waals surface area contributed by atoms with Gasteiger partial charge in [0.1, 0.15) is 5.75 Å². The normalized spacial score (nSPS) is 17.7. The molecule has 4 rings (SSSR count). The van der Waals surface area contributed by atoms with Crippen molar-refractivity contribution in [2.45, 2.75) is 30.6 Å². The SMILES string of the molecule is COc1cccc(S(=O)(=O)N2CCC3(CCN(C(=O)Cc4ccc(OC)c(OC)c4OC)C3)CC2)c1. The largest absolute Gasteiger partial charge is 0.497 e. The van der Waals surface area contributed by atoms with Gasteiger partial charge in [0.05, 0.1) is 39.8 Å². The van der Waals surface area contributed by atoms with Gasteiger partial charge in [0.15, 0.2) is 11.5 Å². The van der Waals surface area contributed by atoms with E-state index in [1.165, 1.54) is 14.2 Å². The number of methoxy groups -OCH3 is 4. The Morgan fingerprint density at radius 1 is 0.889 bits per heavy atom. The number of carbonyl (C=O) groups excluding carboxylic acids is 1. The molecule has 0 radical (unpaired) electrons. The second-order valence-electron chi connectivity index (χ2n) is 9.32. The number of likely N-dealkylation sites (tertiary alicyclic amines) is 1. The summed E-state index contributed by atoms with van der Waals surface area (Å²) >= 11 is 0. The molecule has 2 aliphatic rings. The van der Waals surface area contributed by atoms with E-state index in [9.17, 15) is 13.2 Å². The summed E-state index contributed by atoms with van der Waals surface area (Å²) in [5.74, 6) is 2.04. The van der Waals surface area contributed by atoms with Crippen molar-refractivity contribution in [3.63, 3.8) is 0 Å². The van der Waals surface area contributed by atoms with Crippen molar-refractivity contribution in [1.29, 1.82) is 0 Å². The number of hydrogen-bond acceptors (Lipinski definition) is 7. The van der Waals surface area contributed by atoms with E-state index in [2.05, 4.69) is 0 Å². The summed E-state index contributed by atoms with van der Waals surface area (Å²) in [7, 11) is 2.56. The quantitative estimate of drug-likeness (QED) is 0.530. The Balaban J connectivity index is 1.40. The number of nitrogens with zero attached hydrogens (tertiary/aromatic N) is 2. The van der Waals surface area contributed by atoms with Crippen LogP contribution >= 0.6 is 0 Å². The summed E-state index contributed by atoms with van der Waals surface area (Å²) in [6.45, 7) is 2.17. The second kappa shape index (κ2) is 10.6. The molecule has 2 aliphatic heterocycles. The molecule has 2 aromatic carbocycles. The maximum absolute atomic E-state index is 13.2. The van der Waals surface area contributed by atoms with Gasteiger partial charge in [-0.05, 0) is 42.9 Å². The van der Waals surface area contributed by atoms with E-state index < -0.39 is 10.0 Å². The van der Waals surface area contributed by atoms with Gasteiger partial charge in [-0.1, -0.05) is 12.1 Å². The van der Waals surface area contributed by atoms with E-state index >= 15 is 0 Å². The molecule has 2 fully saturated rings. The van der Waals surface area contributed by atoms with Crippen LogP contribution < -0.4 is 18.9 Å². The maximum Gasteiger partial charge on any atom is 0.243 e. The Morgan fingerprint density at radius 2 is 1.58 bits per heavy atom. The standard InChI is InChI=1S/C26H34N2O7S/c1-32-20-6-5-7-21(17-20)36(30,31)28-14-11-26(12-15-28)10-13-27(18-26)23(29)16-19-8-9-22(33-2)25(35-4)24(19)34-3/h5-9,17H,10-16,18H2,1-4H3. The lowest BCUT2D eigenvalue weighted by Crippen LogP contribution is -2.44. The van der Waals surface area contributed by atoms with E-state index in [4.69, 9.17) is 18.9 Å². The molecule has 0 bridgehead atoms. The molecule has 0 N–H and O–H groups in total. The van der Waals surface area contributed by atoms with Crippen molar-refractivity contribution >= 4 is 15.9 Å². The lowest BCUT2D eigenvalue weighted by Gasteiger charge is -2.38. The minimum atomic E-state index is -3.59. The van der Waals surface area contributed by atoms with Gasteiger partial charge >= 0.3 is 0 Å². The second-order valence-corrected chi connectivity index (χ2v) is 11.3. The van der Waals surface area contributed by atoms with Crippen LogP contribution in [0.1, 0.15) is 24.8 Å². The maximum atomic E-state index is 13.2. The van der Waals surface area contributed by atoms with Crippen LogP contribution in [0.3, 0.4) is 0 Å². The molecule has 196 valence electrons. The average Bonchev–Trinajstić information content (AvgIpc) is 3.31. The van der Waals surface area contributed by atoms with E-state index in [1.807, 2.05) is 11.0 Å². The van der Waals surface area contributed by atoms with Gasteiger partial charge in [-0.25, -0.2) is 8.42 Å². The topological polar surface area (TPSA) is 94.6 Å². The Morgan fingerprint density at radius 3 is 2.22 bits per heavy atom. The Bertz CT molecular complexity index is 1210. The molecule has 36 heavy (non-hydrogen) atoms. The Kier molecular flexibility index (Phi) is 7.65. The highest BCUT2D eigenvalue weighted by atomic mass is 32.2. The zero-order valence-electron chi connectivity index (χ0n) is 21.3. The highest BCUT2D eigenvalue weighted by Gasteiger charge is 2.44. The molecule has 0 aliphatic carbocycles. The number of piperidine rings is 1. The zero-order chi connectivity index (χ0) is 25.9. The van der Waals surface area contributed by atoms with Crippen LogP contribution in [0.4, 0.5) is 0 Å². The Hall–Kier alpha value is -2.98. The third-order valence-electron chi connectivity index (χ3n) is 7.38. The first-order valence-electron chi connectivity index (χ1n) is 12.0. The average molecular weight is 519 g/mol. The summed E-state index contributed by atoms with van der Waals surface area (Å²) in [6, 6.07) is 10.2. The lowest BCUT2D eigenvalue weighted by molar-refractivity contribution is -0.130. The first-order valence-corrected chi connectivity index (χ1v) is 13.4. The molecule has 9 nitrogen and oxygen atoms in total. The molecule has 2 saturated heterocycles. The van der Waals surface area contributed by atoms with Crippen molar-refractivity contribution in [3.8, 4) is 23.0 Å². The molecule has 0 saturated carbocycles. The molecular formula is C26H34N2O7S. The van der Waals surface area contributed by atoms with Gasteiger partial charge in [-0.15, -0.1) is 0 Å². The van der Waals surface area contributed by atoms with E-state index in [0.29, 0.717) is 49.2 Å². The van der Waals surface area contributed by atoms with Gasteiger partial charge in [0, 0.05) is 37.8 Å². The highest BCUT2D eigenvalue weighted by molar-refractivity contribution is 7.89. The molecule has 2 aromatic rings. The van der Waals surface area contributed by atoms with Crippen LogP contribution in [0.5, 0.6) is 23.0 Å². The zero-order valence-corrected chi connectivity index (χ0v) is 22.1.